The van der Waals surface area contributed by atoms with Gasteiger partial charge in [-0.3, -0.25) is 4.79 Å². The van der Waals surface area contributed by atoms with Crippen molar-refractivity contribution >= 4 is 5.91 Å². The fourth-order valence-electron chi connectivity index (χ4n) is 3.83. The predicted octanol–water partition coefficient (Wildman–Crippen LogP) is 2.71. The third-order valence-electron chi connectivity index (χ3n) is 4.94. The largest absolute Gasteiger partial charge is 0.355 e. The van der Waals surface area contributed by atoms with Crippen molar-refractivity contribution < 1.29 is 4.79 Å². The highest BCUT2D eigenvalue weighted by atomic mass is 16.1. The van der Waals surface area contributed by atoms with Gasteiger partial charge in [0, 0.05) is 19.0 Å². The Morgan fingerprint density at radius 3 is 2.58 bits per heavy atom. The Labute approximate surface area is 117 Å². The van der Waals surface area contributed by atoms with Crippen LogP contribution in [0.4, 0.5) is 0 Å². The van der Waals surface area contributed by atoms with Crippen LogP contribution in [0.25, 0.3) is 0 Å². The fourth-order valence-corrected chi connectivity index (χ4v) is 3.83. The van der Waals surface area contributed by atoms with Gasteiger partial charge in [-0.15, -0.1) is 0 Å². The van der Waals surface area contributed by atoms with E-state index in [0.29, 0.717) is 11.8 Å². The Bertz CT molecular complexity index is 280. The lowest BCUT2D eigenvalue weighted by atomic mass is 9.67. The van der Waals surface area contributed by atoms with Crippen molar-refractivity contribution in [2.75, 3.05) is 19.6 Å². The molecule has 2 rings (SSSR count). The molecular weight excluding hydrogens is 236 g/mol. The number of carbonyl (C=O) groups excluding carboxylic acids is 1. The number of rotatable bonds is 6. The second kappa shape index (κ2) is 7.88. The molecular formula is C16H30N2O. The van der Waals surface area contributed by atoms with E-state index in [2.05, 4.69) is 17.6 Å². The molecule has 0 aromatic heterocycles. The van der Waals surface area contributed by atoms with Gasteiger partial charge in [0.15, 0.2) is 0 Å². The number of nitrogens with one attached hydrogen (secondary N) is 2. The third kappa shape index (κ3) is 4.48. The van der Waals surface area contributed by atoms with Crippen molar-refractivity contribution in [3.8, 4) is 0 Å². The SMILES string of the molecule is CCCNCCNC(=O)C1CCC2CCCCC2C1. The second-order valence-corrected chi connectivity index (χ2v) is 6.36. The third-order valence-corrected chi connectivity index (χ3v) is 4.94. The first-order valence-corrected chi connectivity index (χ1v) is 8.29. The van der Waals surface area contributed by atoms with E-state index in [9.17, 15) is 4.79 Å². The maximum Gasteiger partial charge on any atom is 0.223 e. The zero-order valence-electron chi connectivity index (χ0n) is 12.4. The number of amides is 1. The number of carbonyl (C=O) groups is 1. The molecule has 3 atom stereocenters. The van der Waals surface area contributed by atoms with Gasteiger partial charge in [0.25, 0.3) is 0 Å². The lowest BCUT2D eigenvalue weighted by Crippen LogP contribution is -2.39. The number of hydrogen-bond acceptors (Lipinski definition) is 2. The maximum absolute atomic E-state index is 12.2. The number of fused-ring (bicyclic) bond motifs is 1. The molecule has 2 saturated carbocycles. The first kappa shape index (κ1) is 14.8. The van der Waals surface area contributed by atoms with Gasteiger partial charge in [0.1, 0.15) is 0 Å². The predicted molar refractivity (Wildman–Crippen MR) is 79.0 cm³/mol. The molecule has 3 nitrogen and oxygen atoms in total. The van der Waals surface area contributed by atoms with E-state index in [0.717, 1.165) is 50.7 Å². The van der Waals surface area contributed by atoms with Gasteiger partial charge in [0.2, 0.25) is 5.91 Å². The first-order chi connectivity index (χ1) is 9.31. The molecule has 3 unspecified atom stereocenters. The van der Waals surface area contributed by atoms with E-state index in [1.807, 2.05) is 0 Å². The summed E-state index contributed by atoms with van der Waals surface area (Å²) in [5, 5.41) is 6.43. The summed E-state index contributed by atoms with van der Waals surface area (Å²) in [5.74, 6) is 2.38. The summed E-state index contributed by atoms with van der Waals surface area (Å²) in [6, 6.07) is 0. The van der Waals surface area contributed by atoms with Crippen LogP contribution < -0.4 is 10.6 Å². The minimum absolute atomic E-state index is 0.297. The van der Waals surface area contributed by atoms with Gasteiger partial charge in [-0.05, 0) is 44.1 Å². The Hall–Kier alpha value is -0.570. The van der Waals surface area contributed by atoms with E-state index in [-0.39, 0.29) is 0 Å². The molecule has 2 aliphatic rings. The van der Waals surface area contributed by atoms with Crippen molar-refractivity contribution in [1.29, 1.82) is 0 Å². The summed E-state index contributed by atoms with van der Waals surface area (Å²) < 4.78 is 0. The molecule has 3 heteroatoms. The van der Waals surface area contributed by atoms with Crippen LogP contribution in [0.15, 0.2) is 0 Å². The van der Waals surface area contributed by atoms with Crippen LogP contribution in [0.3, 0.4) is 0 Å². The lowest BCUT2D eigenvalue weighted by molar-refractivity contribution is -0.127. The average Bonchev–Trinajstić information content (AvgIpc) is 2.46. The van der Waals surface area contributed by atoms with Gasteiger partial charge < -0.3 is 10.6 Å². The molecule has 19 heavy (non-hydrogen) atoms. The van der Waals surface area contributed by atoms with Gasteiger partial charge in [-0.1, -0.05) is 32.6 Å². The molecule has 1 amide bonds. The van der Waals surface area contributed by atoms with Crippen LogP contribution in [-0.2, 0) is 4.79 Å². The topological polar surface area (TPSA) is 41.1 Å². The zero-order valence-corrected chi connectivity index (χ0v) is 12.4. The minimum atomic E-state index is 0.297. The Kier molecular flexibility index (Phi) is 6.15. The molecule has 0 aromatic carbocycles. The Balaban J connectivity index is 1.65. The Morgan fingerprint density at radius 2 is 1.79 bits per heavy atom. The molecule has 0 bridgehead atoms. The fraction of sp³-hybridized carbons (Fsp3) is 0.938. The van der Waals surface area contributed by atoms with E-state index < -0.39 is 0 Å². The van der Waals surface area contributed by atoms with Gasteiger partial charge in [-0.2, -0.15) is 0 Å². The lowest BCUT2D eigenvalue weighted by Gasteiger charge is -2.38. The van der Waals surface area contributed by atoms with Crippen LogP contribution in [0.2, 0.25) is 0 Å². The highest BCUT2D eigenvalue weighted by molar-refractivity contribution is 5.78. The molecule has 110 valence electrons. The molecule has 0 spiro atoms. The van der Waals surface area contributed by atoms with E-state index in [1.54, 1.807) is 0 Å². The van der Waals surface area contributed by atoms with Gasteiger partial charge in [0.05, 0.1) is 0 Å². The molecule has 0 aliphatic heterocycles. The smallest absolute Gasteiger partial charge is 0.223 e. The summed E-state index contributed by atoms with van der Waals surface area (Å²) in [5.41, 5.74) is 0. The van der Waals surface area contributed by atoms with Crippen LogP contribution in [0.1, 0.15) is 58.3 Å². The van der Waals surface area contributed by atoms with Crippen LogP contribution in [0, 0.1) is 17.8 Å². The quantitative estimate of drug-likeness (QED) is 0.726. The average molecular weight is 266 g/mol. The molecule has 2 N–H and O–H groups in total. The van der Waals surface area contributed by atoms with Crippen molar-refractivity contribution in [3.63, 3.8) is 0 Å². The van der Waals surface area contributed by atoms with Crippen molar-refractivity contribution in [3.05, 3.63) is 0 Å². The minimum Gasteiger partial charge on any atom is -0.355 e. The van der Waals surface area contributed by atoms with Crippen LogP contribution in [-0.4, -0.2) is 25.5 Å². The van der Waals surface area contributed by atoms with Gasteiger partial charge >= 0.3 is 0 Å². The standard InChI is InChI=1S/C16H30N2O/c1-2-9-17-10-11-18-16(19)15-8-7-13-5-3-4-6-14(13)12-15/h13-15,17H,2-12H2,1H3,(H,18,19). The molecule has 0 aromatic rings. The molecule has 2 aliphatic carbocycles. The molecule has 2 fully saturated rings. The summed E-state index contributed by atoms with van der Waals surface area (Å²) in [7, 11) is 0. The summed E-state index contributed by atoms with van der Waals surface area (Å²) in [6.45, 7) is 4.89. The zero-order chi connectivity index (χ0) is 13.5. The van der Waals surface area contributed by atoms with Crippen molar-refractivity contribution in [2.24, 2.45) is 17.8 Å². The van der Waals surface area contributed by atoms with E-state index >= 15 is 0 Å². The molecule has 0 saturated heterocycles. The summed E-state index contributed by atoms with van der Waals surface area (Å²) >= 11 is 0. The van der Waals surface area contributed by atoms with Crippen molar-refractivity contribution in [1.82, 2.24) is 10.6 Å². The normalized spacial score (nSPS) is 30.7. The molecule has 0 radical (unpaired) electrons. The monoisotopic (exact) mass is 266 g/mol. The highest BCUT2D eigenvalue weighted by Crippen LogP contribution is 2.42. The van der Waals surface area contributed by atoms with Gasteiger partial charge in [-0.25, -0.2) is 0 Å². The highest BCUT2D eigenvalue weighted by Gasteiger charge is 2.34. The van der Waals surface area contributed by atoms with Crippen LogP contribution in [0.5, 0.6) is 0 Å². The first-order valence-electron chi connectivity index (χ1n) is 8.29. The molecule has 0 heterocycles. The van der Waals surface area contributed by atoms with E-state index in [4.69, 9.17) is 0 Å². The summed E-state index contributed by atoms with van der Waals surface area (Å²) in [4.78, 5) is 12.2. The Morgan fingerprint density at radius 1 is 1.00 bits per heavy atom. The van der Waals surface area contributed by atoms with E-state index in [1.165, 1.54) is 32.1 Å². The summed E-state index contributed by atoms with van der Waals surface area (Å²) in [6.07, 6.45) is 10.3. The second-order valence-electron chi connectivity index (χ2n) is 6.36. The maximum atomic E-state index is 12.2. The number of hydrogen-bond donors (Lipinski definition) is 2. The van der Waals surface area contributed by atoms with Crippen molar-refractivity contribution in [2.45, 2.75) is 58.3 Å². The van der Waals surface area contributed by atoms with Crippen LogP contribution >= 0.6 is 0 Å².